The molecule has 1 aromatic carbocycles. The Morgan fingerprint density at radius 3 is 2.11 bits per heavy atom. The lowest BCUT2D eigenvalue weighted by Crippen LogP contribution is -2.30. The van der Waals surface area contributed by atoms with Crippen molar-refractivity contribution >= 4 is 17.6 Å². The molecule has 1 heterocycles. The summed E-state index contributed by atoms with van der Waals surface area (Å²) in [4.78, 5) is 23.9. The van der Waals surface area contributed by atoms with E-state index >= 15 is 0 Å². The molecule has 0 aromatic heterocycles. The van der Waals surface area contributed by atoms with Crippen molar-refractivity contribution in [3.05, 3.63) is 29.8 Å². The predicted molar refractivity (Wildman–Crippen MR) is 56.9 cm³/mol. The third kappa shape index (κ3) is 2.03. The monoisotopic (exact) mass is 258 g/mol. The van der Waals surface area contributed by atoms with Gasteiger partial charge in [-0.3, -0.25) is 4.79 Å². The van der Waals surface area contributed by atoms with E-state index in [1.165, 1.54) is 6.92 Å². The van der Waals surface area contributed by atoms with Crippen LogP contribution in [0.25, 0.3) is 0 Å². The van der Waals surface area contributed by atoms with Gasteiger partial charge in [0, 0.05) is 0 Å². The molecule has 0 saturated carbocycles. The van der Waals surface area contributed by atoms with Crippen molar-refractivity contribution in [1.29, 1.82) is 0 Å². The van der Waals surface area contributed by atoms with Crippen LogP contribution in [0.2, 0.25) is 0 Å². The Labute approximate surface area is 100 Å². The zero-order valence-electron chi connectivity index (χ0n) is 9.28. The number of carbonyl (C=O) groups is 2. The summed E-state index contributed by atoms with van der Waals surface area (Å²) < 4.78 is 37.1. The van der Waals surface area contributed by atoms with Gasteiger partial charge < -0.3 is 5.32 Å². The van der Waals surface area contributed by atoms with E-state index in [2.05, 4.69) is 5.32 Å². The highest BCUT2D eigenvalue weighted by molar-refractivity contribution is 6.21. The Hall–Kier alpha value is -2.05. The van der Waals surface area contributed by atoms with Crippen LogP contribution in [-0.2, 0) is 11.0 Å². The van der Waals surface area contributed by atoms with Crippen LogP contribution in [0, 0.1) is 0 Å². The Kier molecular flexibility index (Phi) is 2.76. The van der Waals surface area contributed by atoms with Crippen LogP contribution in [0.5, 0.6) is 0 Å². The minimum atomic E-state index is -4.44. The normalized spacial score (nSPS) is 20.2. The number of anilines is 1. The Morgan fingerprint density at radius 1 is 1.17 bits per heavy atom. The molecule has 18 heavy (non-hydrogen) atoms. The molecular formula is C11H9F3N2O2. The average molecular weight is 258 g/mol. The summed E-state index contributed by atoms with van der Waals surface area (Å²) in [5.41, 5.74) is -0.707. The molecule has 7 heteroatoms. The standard InChI is InChI=1S/C11H9F3N2O2/c1-6-9(17)16(10(18)15-6)8-4-2-7(3-5-8)11(12,13)14/h2-6H,1H3,(H,15,18). The summed E-state index contributed by atoms with van der Waals surface area (Å²) >= 11 is 0. The molecule has 0 bridgehead atoms. The summed E-state index contributed by atoms with van der Waals surface area (Å²) in [6, 6.07) is 2.56. The first-order valence-corrected chi connectivity index (χ1v) is 5.12. The Morgan fingerprint density at radius 2 is 1.72 bits per heavy atom. The highest BCUT2D eigenvalue weighted by Gasteiger charge is 2.37. The number of benzene rings is 1. The van der Waals surface area contributed by atoms with Crippen LogP contribution in [0.1, 0.15) is 12.5 Å². The molecule has 0 radical (unpaired) electrons. The maximum absolute atomic E-state index is 12.4. The molecule has 1 aliphatic rings. The fourth-order valence-corrected chi connectivity index (χ4v) is 1.65. The van der Waals surface area contributed by atoms with Gasteiger partial charge in [0.05, 0.1) is 11.3 Å². The highest BCUT2D eigenvalue weighted by Crippen LogP contribution is 2.31. The zero-order chi connectivity index (χ0) is 13.5. The topological polar surface area (TPSA) is 49.4 Å². The van der Waals surface area contributed by atoms with Crippen molar-refractivity contribution in [2.45, 2.75) is 19.1 Å². The molecule has 1 saturated heterocycles. The second kappa shape index (κ2) is 4.01. The van der Waals surface area contributed by atoms with E-state index in [-0.39, 0.29) is 5.69 Å². The third-order valence-electron chi connectivity index (χ3n) is 2.59. The summed E-state index contributed by atoms with van der Waals surface area (Å²) in [6.45, 7) is 1.50. The summed E-state index contributed by atoms with van der Waals surface area (Å²) in [5, 5.41) is 2.38. The lowest BCUT2D eigenvalue weighted by Gasteiger charge is -2.13. The molecule has 2 rings (SSSR count). The summed E-state index contributed by atoms with van der Waals surface area (Å²) in [7, 11) is 0. The fourth-order valence-electron chi connectivity index (χ4n) is 1.65. The average Bonchev–Trinajstić information content (AvgIpc) is 2.52. The van der Waals surface area contributed by atoms with Gasteiger partial charge in [-0.25, -0.2) is 9.69 Å². The maximum atomic E-state index is 12.4. The molecule has 3 amide bonds. The SMILES string of the molecule is CC1NC(=O)N(c2ccc(C(F)(F)F)cc2)C1=O. The van der Waals surface area contributed by atoms with Crippen LogP contribution in [-0.4, -0.2) is 18.0 Å². The van der Waals surface area contributed by atoms with Gasteiger partial charge in [0.15, 0.2) is 0 Å². The molecular weight excluding hydrogens is 249 g/mol. The number of alkyl halides is 3. The van der Waals surface area contributed by atoms with Crippen LogP contribution < -0.4 is 10.2 Å². The number of urea groups is 1. The van der Waals surface area contributed by atoms with Crippen LogP contribution >= 0.6 is 0 Å². The Bertz CT molecular complexity index is 496. The van der Waals surface area contributed by atoms with Gasteiger partial charge >= 0.3 is 12.2 Å². The number of hydrogen-bond donors (Lipinski definition) is 1. The van der Waals surface area contributed by atoms with Crippen molar-refractivity contribution in [3.8, 4) is 0 Å². The van der Waals surface area contributed by atoms with E-state index in [0.29, 0.717) is 0 Å². The molecule has 1 N–H and O–H groups in total. The number of hydrogen-bond acceptors (Lipinski definition) is 2. The van der Waals surface area contributed by atoms with Crippen molar-refractivity contribution < 1.29 is 22.8 Å². The van der Waals surface area contributed by atoms with E-state index in [4.69, 9.17) is 0 Å². The van der Waals surface area contributed by atoms with Gasteiger partial charge in [-0.2, -0.15) is 13.2 Å². The van der Waals surface area contributed by atoms with Gasteiger partial charge in [0.2, 0.25) is 0 Å². The first kappa shape index (κ1) is 12.4. The van der Waals surface area contributed by atoms with Crippen molar-refractivity contribution in [1.82, 2.24) is 5.32 Å². The number of imide groups is 1. The first-order valence-electron chi connectivity index (χ1n) is 5.12. The number of rotatable bonds is 1. The van der Waals surface area contributed by atoms with Gasteiger partial charge in [0.25, 0.3) is 5.91 Å². The van der Waals surface area contributed by atoms with E-state index < -0.39 is 29.7 Å². The second-order valence-electron chi connectivity index (χ2n) is 3.89. The first-order chi connectivity index (χ1) is 8.30. The minimum absolute atomic E-state index is 0.120. The smallest absolute Gasteiger partial charge is 0.326 e. The van der Waals surface area contributed by atoms with Crippen molar-refractivity contribution in [2.24, 2.45) is 0 Å². The molecule has 0 aliphatic carbocycles. The second-order valence-corrected chi connectivity index (χ2v) is 3.89. The molecule has 1 aliphatic heterocycles. The number of nitrogens with one attached hydrogen (secondary N) is 1. The van der Waals surface area contributed by atoms with Gasteiger partial charge in [-0.1, -0.05) is 0 Å². The van der Waals surface area contributed by atoms with Gasteiger partial charge in [0.1, 0.15) is 6.04 Å². The van der Waals surface area contributed by atoms with Gasteiger partial charge in [-0.05, 0) is 31.2 Å². The molecule has 1 unspecified atom stereocenters. The molecule has 0 spiro atoms. The molecule has 1 aromatic rings. The van der Waals surface area contributed by atoms with E-state index in [1.807, 2.05) is 0 Å². The van der Waals surface area contributed by atoms with E-state index in [9.17, 15) is 22.8 Å². The Balaban J connectivity index is 2.31. The van der Waals surface area contributed by atoms with E-state index in [1.54, 1.807) is 0 Å². The maximum Gasteiger partial charge on any atom is 0.416 e. The lowest BCUT2D eigenvalue weighted by molar-refractivity contribution is -0.137. The zero-order valence-corrected chi connectivity index (χ0v) is 9.28. The highest BCUT2D eigenvalue weighted by atomic mass is 19.4. The predicted octanol–water partition coefficient (Wildman–Crippen LogP) is 2.15. The van der Waals surface area contributed by atoms with Crippen LogP contribution in [0.4, 0.5) is 23.7 Å². The van der Waals surface area contributed by atoms with Crippen LogP contribution in [0.15, 0.2) is 24.3 Å². The molecule has 4 nitrogen and oxygen atoms in total. The molecule has 1 atom stereocenters. The molecule has 96 valence electrons. The summed E-state index contributed by atoms with van der Waals surface area (Å²) in [6.07, 6.45) is -4.44. The number of halogens is 3. The largest absolute Gasteiger partial charge is 0.416 e. The van der Waals surface area contributed by atoms with Crippen LogP contribution in [0.3, 0.4) is 0 Å². The van der Waals surface area contributed by atoms with Crippen molar-refractivity contribution in [3.63, 3.8) is 0 Å². The number of amides is 3. The quantitative estimate of drug-likeness (QED) is 0.784. The van der Waals surface area contributed by atoms with E-state index in [0.717, 1.165) is 29.2 Å². The molecule has 1 fully saturated rings. The lowest BCUT2D eigenvalue weighted by atomic mass is 10.2. The number of nitrogens with zero attached hydrogens (tertiary/aromatic N) is 1. The van der Waals surface area contributed by atoms with Gasteiger partial charge in [-0.15, -0.1) is 0 Å². The minimum Gasteiger partial charge on any atom is -0.326 e. The number of carbonyl (C=O) groups excluding carboxylic acids is 2. The van der Waals surface area contributed by atoms with Crippen molar-refractivity contribution in [2.75, 3.05) is 4.90 Å². The summed E-state index contributed by atoms with van der Waals surface area (Å²) in [5.74, 6) is -0.486. The fraction of sp³-hybridized carbons (Fsp3) is 0.273. The third-order valence-corrected chi connectivity index (χ3v) is 2.59.